The zero-order valence-electron chi connectivity index (χ0n) is 14.2. The van der Waals surface area contributed by atoms with Crippen molar-refractivity contribution >= 4 is 54.2 Å². The van der Waals surface area contributed by atoms with Crippen molar-refractivity contribution in [3.8, 4) is 0 Å². The Hall–Kier alpha value is -2.00. The van der Waals surface area contributed by atoms with Crippen LogP contribution in [0.15, 0.2) is 47.4 Å². The van der Waals surface area contributed by atoms with Gasteiger partial charge >= 0.3 is 0 Å². The third-order valence-corrected chi connectivity index (χ3v) is 7.47. The van der Waals surface area contributed by atoms with Gasteiger partial charge in [-0.3, -0.25) is 10.1 Å². The molecule has 4 rings (SSSR count). The summed E-state index contributed by atoms with van der Waals surface area (Å²) in [4.78, 5) is 17.0. The number of anilines is 1. The zero-order chi connectivity index (χ0) is 19.0. The SMILES string of the molecule is O=C(Nc1nc2ccc(Cl)cc2s1)c1ccc(S(=O)(=O)N2CCCC2)cc1. The van der Waals surface area contributed by atoms with E-state index in [9.17, 15) is 13.2 Å². The number of carbonyl (C=O) groups excluding carboxylic acids is 1. The average molecular weight is 422 g/mol. The number of fused-ring (bicyclic) bond motifs is 1. The van der Waals surface area contributed by atoms with Gasteiger partial charge in [0.15, 0.2) is 5.13 Å². The summed E-state index contributed by atoms with van der Waals surface area (Å²) >= 11 is 7.30. The predicted molar refractivity (Wildman–Crippen MR) is 107 cm³/mol. The molecule has 6 nitrogen and oxygen atoms in total. The first-order valence-corrected chi connectivity index (χ1v) is 11.0. The standard InChI is InChI=1S/C18H16ClN3O3S2/c19-13-5-8-15-16(11-13)26-18(20-15)21-17(23)12-3-6-14(7-4-12)27(24,25)22-9-1-2-10-22/h3-8,11H,1-2,9-10H2,(H,20,21,23). The van der Waals surface area contributed by atoms with E-state index < -0.39 is 10.0 Å². The Bertz CT molecular complexity index is 1100. The summed E-state index contributed by atoms with van der Waals surface area (Å²) in [6.07, 6.45) is 1.76. The van der Waals surface area contributed by atoms with Gasteiger partial charge in [0.25, 0.3) is 5.91 Å². The minimum Gasteiger partial charge on any atom is -0.298 e. The molecule has 1 aliphatic rings. The maximum Gasteiger partial charge on any atom is 0.257 e. The maximum atomic E-state index is 12.5. The number of nitrogens with zero attached hydrogens (tertiary/aromatic N) is 2. The van der Waals surface area contributed by atoms with Crippen molar-refractivity contribution in [2.24, 2.45) is 0 Å². The number of nitrogens with one attached hydrogen (secondary N) is 1. The van der Waals surface area contributed by atoms with Crippen LogP contribution in [0.5, 0.6) is 0 Å². The number of hydrogen-bond acceptors (Lipinski definition) is 5. The molecule has 3 aromatic rings. The van der Waals surface area contributed by atoms with E-state index in [-0.39, 0.29) is 10.8 Å². The van der Waals surface area contributed by atoms with Crippen molar-refractivity contribution < 1.29 is 13.2 Å². The number of sulfonamides is 1. The molecule has 1 N–H and O–H groups in total. The lowest BCUT2D eigenvalue weighted by atomic mass is 10.2. The van der Waals surface area contributed by atoms with E-state index in [4.69, 9.17) is 11.6 Å². The molecule has 2 aromatic carbocycles. The predicted octanol–water partition coefficient (Wildman–Crippen LogP) is 3.99. The monoisotopic (exact) mass is 421 g/mol. The highest BCUT2D eigenvalue weighted by Gasteiger charge is 2.27. The Labute approximate surface area is 165 Å². The fourth-order valence-electron chi connectivity index (χ4n) is 2.98. The van der Waals surface area contributed by atoms with Crippen molar-refractivity contribution in [1.82, 2.24) is 9.29 Å². The van der Waals surface area contributed by atoms with Crippen LogP contribution in [0.4, 0.5) is 5.13 Å². The van der Waals surface area contributed by atoms with Crippen LogP contribution >= 0.6 is 22.9 Å². The van der Waals surface area contributed by atoms with E-state index in [2.05, 4.69) is 10.3 Å². The first-order valence-electron chi connectivity index (χ1n) is 8.41. The highest BCUT2D eigenvalue weighted by atomic mass is 35.5. The van der Waals surface area contributed by atoms with Gasteiger partial charge in [0.1, 0.15) is 0 Å². The van der Waals surface area contributed by atoms with Crippen molar-refractivity contribution in [3.63, 3.8) is 0 Å². The lowest BCUT2D eigenvalue weighted by molar-refractivity contribution is 0.102. The van der Waals surface area contributed by atoms with Crippen molar-refractivity contribution in [2.45, 2.75) is 17.7 Å². The smallest absolute Gasteiger partial charge is 0.257 e. The quantitative estimate of drug-likeness (QED) is 0.690. The van der Waals surface area contributed by atoms with Gasteiger partial charge in [0, 0.05) is 23.7 Å². The zero-order valence-corrected chi connectivity index (χ0v) is 16.6. The number of benzene rings is 2. The van der Waals surface area contributed by atoms with Gasteiger partial charge in [-0.2, -0.15) is 4.31 Å². The van der Waals surface area contributed by atoms with Crippen molar-refractivity contribution in [2.75, 3.05) is 18.4 Å². The maximum absolute atomic E-state index is 12.5. The van der Waals surface area contributed by atoms with Gasteiger partial charge in [-0.05, 0) is 55.3 Å². The Balaban J connectivity index is 1.51. The van der Waals surface area contributed by atoms with E-state index in [1.54, 1.807) is 18.2 Å². The van der Waals surface area contributed by atoms with E-state index >= 15 is 0 Å². The molecule has 1 saturated heterocycles. The van der Waals surface area contributed by atoms with Crippen LogP contribution < -0.4 is 5.32 Å². The molecule has 9 heteroatoms. The molecule has 1 fully saturated rings. The average Bonchev–Trinajstić information content (AvgIpc) is 3.31. The number of amides is 1. The fourth-order valence-corrected chi connectivity index (χ4v) is 5.63. The molecule has 1 amide bonds. The van der Waals surface area contributed by atoms with Gasteiger partial charge in [-0.1, -0.05) is 22.9 Å². The van der Waals surface area contributed by atoms with Crippen LogP contribution in [0.2, 0.25) is 5.02 Å². The van der Waals surface area contributed by atoms with Crippen molar-refractivity contribution in [3.05, 3.63) is 53.1 Å². The Morgan fingerprint density at radius 2 is 1.81 bits per heavy atom. The summed E-state index contributed by atoms with van der Waals surface area (Å²) in [7, 11) is -3.48. The molecule has 0 aliphatic carbocycles. The highest BCUT2D eigenvalue weighted by Crippen LogP contribution is 2.28. The van der Waals surface area contributed by atoms with Gasteiger partial charge in [0.05, 0.1) is 15.1 Å². The van der Waals surface area contributed by atoms with E-state index in [0.717, 1.165) is 23.1 Å². The molecule has 0 unspecified atom stereocenters. The molecule has 1 aliphatic heterocycles. The van der Waals surface area contributed by atoms with Crippen LogP contribution in [0.25, 0.3) is 10.2 Å². The third kappa shape index (κ3) is 3.70. The summed E-state index contributed by atoms with van der Waals surface area (Å²) in [6.45, 7) is 1.10. The number of carbonyl (C=O) groups is 1. The Morgan fingerprint density at radius 3 is 2.52 bits per heavy atom. The molecule has 1 aromatic heterocycles. The minimum absolute atomic E-state index is 0.204. The topological polar surface area (TPSA) is 79.4 Å². The highest BCUT2D eigenvalue weighted by molar-refractivity contribution is 7.89. The first kappa shape index (κ1) is 18.4. The summed E-state index contributed by atoms with van der Waals surface area (Å²) in [5.41, 5.74) is 1.12. The van der Waals surface area contributed by atoms with Crippen LogP contribution in [-0.4, -0.2) is 36.7 Å². The Morgan fingerprint density at radius 1 is 1.11 bits per heavy atom. The molecular formula is C18H16ClN3O3S2. The summed E-state index contributed by atoms with van der Waals surface area (Å²) in [5, 5.41) is 3.82. The van der Waals surface area contributed by atoms with Crippen LogP contribution in [0, 0.1) is 0 Å². The molecular weight excluding hydrogens is 406 g/mol. The molecule has 2 heterocycles. The molecule has 0 bridgehead atoms. The van der Waals surface area contributed by atoms with Crippen molar-refractivity contribution in [1.29, 1.82) is 0 Å². The number of halogens is 1. The second kappa shape index (κ2) is 7.20. The van der Waals surface area contributed by atoms with Gasteiger partial charge in [0.2, 0.25) is 10.0 Å². The molecule has 0 radical (unpaired) electrons. The molecule has 0 saturated carbocycles. The molecule has 0 atom stereocenters. The van der Waals surface area contributed by atoms with E-state index in [0.29, 0.717) is 28.8 Å². The lowest BCUT2D eigenvalue weighted by Gasteiger charge is -2.15. The molecule has 27 heavy (non-hydrogen) atoms. The lowest BCUT2D eigenvalue weighted by Crippen LogP contribution is -2.27. The van der Waals surface area contributed by atoms with E-state index in [1.807, 2.05) is 0 Å². The van der Waals surface area contributed by atoms with Gasteiger partial charge < -0.3 is 0 Å². The Kier molecular flexibility index (Phi) is 4.90. The largest absolute Gasteiger partial charge is 0.298 e. The number of thiazole rings is 1. The third-order valence-electron chi connectivity index (χ3n) is 4.39. The summed E-state index contributed by atoms with van der Waals surface area (Å²) in [6, 6.07) is 11.3. The van der Waals surface area contributed by atoms with Crippen LogP contribution in [-0.2, 0) is 10.0 Å². The van der Waals surface area contributed by atoms with Crippen LogP contribution in [0.1, 0.15) is 23.2 Å². The molecule has 140 valence electrons. The van der Waals surface area contributed by atoms with Gasteiger partial charge in [-0.15, -0.1) is 0 Å². The normalized spacial score (nSPS) is 15.3. The minimum atomic E-state index is -3.48. The summed E-state index contributed by atoms with van der Waals surface area (Å²) in [5.74, 6) is -0.342. The number of hydrogen-bond donors (Lipinski definition) is 1. The molecule has 0 spiro atoms. The van der Waals surface area contributed by atoms with Gasteiger partial charge in [-0.25, -0.2) is 13.4 Å². The fraction of sp³-hybridized carbons (Fsp3) is 0.222. The van der Waals surface area contributed by atoms with E-state index in [1.165, 1.54) is 39.9 Å². The second-order valence-electron chi connectivity index (χ2n) is 6.22. The first-order chi connectivity index (χ1) is 12.9. The second-order valence-corrected chi connectivity index (χ2v) is 9.63. The number of aromatic nitrogens is 1. The summed E-state index contributed by atoms with van der Waals surface area (Å²) < 4.78 is 27.4. The van der Waals surface area contributed by atoms with Crippen LogP contribution in [0.3, 0.4) is 0 Å². The number of rotatable bonds is 4.